The molecule has 1 aliphatic heterocycles. The summed E-state index contributed by atoms with van der Waals surface area (Å²) in [7, 11) is 1.38. The molecule has 1 saturated heterocycles. The van der Waals surface area contributed by atoms with Crippen molar-refractivity contribution in [1.82, 2.24) is 5.32 Å². The van der Waals surface area contributed by atoms with E-state index in [2.05, 4.69) is 22.4 Å². The Morgan fingerprint density at radius 3 is 3.18 bits per heavy atom. The van der Waals surface area contributed by atoms with Crippen LogP contribution in [0.5, 0.6) is 0 Å². The lowest BCUT2D eigenvalue weighted by Crippen LogP contribution is -2.32. The van der Waals surface area contributed by atoms with Crippen molar-refractivity contribution < 1.29 is 9.53 Å². The number of carbonyl (C=O) groups is 1. The lowest BCUT2D eigenvalue weighted by atomic mass is 10.1. The maximum Gasteiger partial charge on any atom is 0.327 e. The van der Waals surface area contributed by atoms with Crippen LogP contribution in [-0.4, -0.2) is 25.7 Å². The molecule has 0 spiro atoms. The number of carbonyl (C=O) groups excluding carboxylic acids is 1. The molecule has 0 aromatic rings. The number of esters is 1. The van der Waals surface area contributed by atoms with E-state index in [4.69, 9.17) is 0 Å². The van der Waals surface area contributed by atoms with Crippen molar-refractivity contribution in [2.45, 2.75) is 12.5 Å². The first-order valence-electron chi connectivity index (χ1n) is 3.49. The van der Waals surface area contributed by atoms with Gasteiger partial charge in [-0.2, -0.15) is 0 Å². The van der Waals surface area contributed by atoms with E-state index in [-0.39, 0.29) is 12.0 Å². The van der Waals surface area contributed by atoms with Gasteiger partial charge in [0.2, 0.25) is 0 Å². The Morgan fingerprint density at radius 2 is 2.64 bits per heavy atom. The summed E-state index contributed by atoms with van der Waals surface area (Å²) in [6.07, 6.45) is 0.837. The molecule has 0 bridgehead atoms. The molecule has 0 aliphatic carbocycles. The van der Waals surface area contributed by atoms with Gasteiger partial charge in [0.15, 0.2) is 0 Å². The third kappa shape index (κ3) is 1.50. The van der Waals surface area contributed by atoms with Crippen molar-refractivity contribution in [3.05, 3.63) is 17.9 Å². The molecule has 0 unspecified atom stereocenters. The number of nitrogens with one attached hydrogen (secondary N) is 1. The smallest absolute Gasteiger partial charge is 0.327 e. The summed E-state index contributed by atoms with van der Waals surface area (Å²) < 4.78 is 4.58. The van der Waals surface area contributed by atoms with Crippen LogP contribution >= 0.6 is 0 Å². The first-order chi connectivity index (χ1) is 5.29. The molecule has 1 heterocycles. The Balaban J connectivity index is 2.72. The van der Waals surface area contributed by atoms with E-state index in [1.807, 2.05) is 0 Å². The predicted molar refractivity (Wildman–Crippen MR) is 41.1 cm³/mol. The fraction of sp³-hybridized carbons (Fsp3) is 0.500. The number of rotatable bonds is 1. The molecule has 3 heteroatoms. The molecule has 1 atom stereocenters. The summed E-state index contributed by atoms with van der Waals surface area (Å²) in [5.74, 6) is -0.256. The normalized spacial score (nSPS) is 23.0. The highest BCUT2D eigenvalue weighted by atomic mass is 16.5. The highest BCUT2D eigenvalue weighted by Crippen LogP contribution is 2.13. The van der Waals surface area contributed by atoms with Crippen LogP contribution in [-0.2, 0) is 9.53 Å². The molecule has 0 aromatic carbocycles. The van der Waals surface area contributed by atoms with Crippen LogP contribution in [0.3, 0.4) is 0 Å². The maximum atomic E-state index is 11.0. The van der Waals surface area contributed by atoms with E-state index < -0.39 is 0 Å². The van der Waals surface area contributed by atoms with Crippen molar-refractivity contribution in [3.8, 4) is 0 Å². The van der Waals surface area contributed by atoms with Crippen molar-refractivity contribution in [3.63, 3.8) is 0 Å². The summed E-state index contributed by atoms with van der Waals surface area (Å²) in [5, 5.41) is 2.99. The second-order valence-electron chi connectivity index (χ2n) is 2.36. The first-order valence-corrected chi connectivity index (χ1v) is 3.49. The van der Waals surface area contributed by atoms with Gasteiger partial charge in [0.1, 0.15) is 6.04 Å². The molecule has 1 rings (SSSR count). The van der Waals surface area contributed by atoms with E-state index in [1.54, 1.807) is 0 Å². The van der Waals surface area contributed by atoms with Crippen LogP contribution in [0.15, 0.2) is 17.9 Å². The highest BCUT2D eigenvalue weighted by molar-refractivity contribution is 5.80. The Labute approximate surface area is 65.7 Å². The standard InChI is InChI=1S/C8H11NO2/c1-3-6-4-5-9-7(6)8(10)11-2/h7,9H,1,4-5H2,2H3/t7-/m1/s1. The number of hydrogen-bond acceptors (Lipinski definition) is 3. The Kier molecular flexibility index (Phi) is 2.47. The minimum atomic E-state index is -0.308. The zero-order chi connectivity index (χ0) is 8.27. The predicted octanol–water partition coefficient (Wildman–Crippen LogP) is 0.233. The van der Waals surface area contributed by atoms with Gasteiger partial charge in [0.25, 0.3) is 0 Å². The van der Waals surface area contributed by atoms with E-state index in [1.165, 1.54) is 7.11 Å². The quantitative estimate of drug-likeness (QED) is 0.433. The van der Waals surface area contributed by atoms with Crippen molar-refractivity contribution in [2.24, 2.45) is 0 Å². The Bertz CT molecular complexity index is 216. The van der Waals surface area contributed by atoms with Gasteiger partial charge < -0.3 is 10.1 Å². The zero-order valence-electron chi connectivity index (χ0n) is 6.52. The Morgan fingerprint density at radius 1 is 1.91 bits per heavy atom. The Hall–Kier alpha value is -1.05. The maximum absolute atomic E-state index is 11.0. The molecule has 1 aliphatic rings. The number of methoxy groups -OCH3 is 1. The van der Waals surface area contributed by atoms with Gasteiger partial charge in [-0.05, 0) is 6.42 Å². The van der Waals surface area contributed by atoms with E-state index in [0.717, 1.165) is 18.5 Å². The van der Waals surface area contributed by atoms with Gasteiger partial charge in [0, 0.05) is 12.1 Å². The monoisotopic (exact) mass is 153 g/mol. The lowest BCUT2D eigenvalue weighted by molar-refractivity contribution is -0.141. The average Bonchev–Trinajstić information content (AvgIpc) is 2.50. The SMILES string of the molecule is C=C=C1CCN[C@H]1C(=O)OC. The minimum absolute atomic E-state index is 0.256. The largest absolute Gasteiger partial charge is 0.468 e. The van der Waals surface area contributed by atoms with Gasteiger partial charge in [-0.3, -0.25) is 0 Å². The van der Waals surface area contributed by atoms with Crippen LogP contribution in [0.4, 0.5) is 0 Å². The van der Waals surface area contributed by atoms with Gasteiger partial charge in [-0.1, -0.05) is 6.58 Å². The van der Waals surface area contributed by atoms with Crippen LogP contribution in [0.25, 0.3) is 0 Å². The van der Waals surface area contributed by atoms with Gasteiger partial charge >= 0.3 is 5.97 Å². The molecule has 0 saturated carbocycles. The molecule has 60 valence electrons. The van der Waals surface area contributed by atoms with Crippen LogP contribution in [0.2, 0.25) is 0 Å². The second-order valence-corrected chi connectivity index (χ2v) is 2.36. The third-order valence-electron chi connectivity index (χ3n) is 1.76. The van der Waals surface area contributed by atoms with E-state index in [0.29, 0.717) is 0 Å². The van der Waals surface area contributed by atoms with Crippen molar-refractivity contribution in [2.75, 3.05) is 13.7 Å². The molecule has 1 N–H and O–H groups in total. The van der Waals surface area contributed by atoms with Crippen LogP contribution < -0.4 is 5.32 Å². The van der Waals surface area contributed by atoms with Crippen LogP contribution in [0.1, 0.15) is 6.42 Å². The topological polar surface area (TPSA) is 38.3 Å². The number of hydrogen-bond donors (Lipinski definition) is 1. The lowest BCUT2D eigenvalue weighted by Gasteiger charge is -2.06. The van der Waals surface area contributed by atoms with Crippen molar-refractivity contribution in [1.29, 1.82) is 0 Å². The highest BCUT2D eigenvalue weighted by Gasteiger charge is 2.27. The van der Waals surface area contributed by atoms with Crippen molar-refractivity contribution >= 4 is 5.97 Å². The summed E-state index contributed by atoms with van der Waals surface area (Å²) >= 11 is 0. The fourth-order valence-corrected chi connectivity index (χ4v) is 1.15. The second kappa shape index (κ2) is 3.37. The molecule has 11 heavy (non-hydrogen) atoms. The zero-order valence-corrected chi connectivity index (χ0v) is 6.52. The summed E-state index contributed by atoms with van der Waals surface area (Å²) in [4.78, 5) is 11.0. The van der Waals surface area contributed by atoms with Gasteiger partial charge in [0.05, 0.1) is 7.11 Å². The molecular formula is C8H11NO2. The molecule has 0 radical (unpaired) electrons. The molecule has 0 amide bonds. The molecular weight excluding hydrogens is 142 g/mol. The van der Waals surface area contributed by atoms with E-state index >= 15 is 0 Å². The van der Waals surface area contributed by atoms with Gasteiger partial charge in [-0.15, -0.1) is 5.73 Å². The molecule has 0 aromatic heterocycles. The van der Waals surface area contributed by atoms with Gasteiger partial charge in [-0.25, -0.2) is 4.79 Å². The average molecular weight is 153 g/mol. The summed E-state index contributed by atoms with van der Waals surface area (Å²) in [5.41, 5.74) is 3.63. The van der Waals surface area contributed by atoms with Crippen LogP contribution in [0, 0.1) is 0 Å². The summed E-state index contributed by atoms with van der Waals surface area (Å²) in [6.45, 7) is 4.30. The van der Waals surface area contributed by atoms with E-state index in [9.17, 15) is 4.79 Å². The first kappa shape index (κ1) is 8.05. The third-order valence-corrected chi connectivity index (χ3v) is 1.76. The minimum Gasteiger partial charge on any atom is -0.468 e. The summed E-state index contributed by atoms with van der Waals surface area (Å²) in [6, 6.07) is -0.308. The molecule has 1 fully saturated rings. The fourth-order valence-electron chi connectivity index (χ4n) is 1.15. The molecule has 3 nitrogen and oxygen atoms in total. The number of ether oxygens (including phenoxy) is 1.